The minimum absolute atomic E-state index is 0.0774. The summed E-state index contributed by atoms with van der Waals surface area (Å²) in [7, 11) is -7.96. The fraction of sp³-hybridized carbons (Fsp3) is 0.0968. The molecule has 0 heterocycles. The smallest absolute Gasteiger partial charge is 0.339 e. The van der Waals surface area contributed by atoms with Crippen LogP contribution >= 0.6 is 0 Å². The van der Waals surface area contributed by atoms with Crippen LogP contribution in [0.15, 0.2) is 119 Å². The molecular formula is C31H28O6S2. The minimum atomic E-state index is -3.98. The molecule has 8 heteroatoms. The summed E-state index contributed by atoms with van der Waals surface area (Å²) in [6, 6.07) is 26.6. The quantitative estimate of drug-likeness (QED) is 0.197. The van der Waals surface area contributed by atoms with Crippen LogP contribution in [0.5, 0.6) is 11.5 Å². The highest BCUT2D eigenvalue weighted by molar-refractivity contribution is 7.87. The average Bonchev–Trinajstić information content (AvgIpc) is 2.93. The van der Waals surface area contributed by atoms with Gasteiger partial charge in [0, 0.05) is 11.1 Å². The Morgan fingerprint density at radius 1 is 0.564 bits per heavy atom. The van der Waals surface area contributed by atoms with Crippen molar-refractivity contribution in [2.45, 2.75) is 30.1 Å². The third kappa shape index (κ3) is 7.04. The Morgan fingerprint density at radius 2 is 0.949 bits per heavy atom. The van der Waals surface area contributed by atoms with Gasteiger partial charge in [0.2, 0.25) is 0 Å². The molecule has 6 nitrogen and oxygen atoms in total. The Kier molecular flexibility index (Phi) is 8.69. The fourth-order valence-electron chi connectivity index (χ4n) is 3.93. The fourth-order valence-corrected chi connectivity index (χ4v) is 5.88. The van der Waals surface area contributed by atoms with Crippen LogP contribution < -0.4 is 8.37 Å². The van der Waals surface area contributed by atoms with Crippen molar-refractivity contribution in [1.29, 1.82) is 0 Å². The summed E-state index contributed by atoms with van der Waals surface area (Å²) in [4.78, 5) is 0.155. The van der Waals surface area contributed by atoms with E-state index in [1.165, 1.54) is 24.3 Å². The molecule has 0 bridgehead atoms. The molecule has 0 N–H and O–H groups in total. The molecule has 0 aromatic heterocycles. The van der Waals surface area contributed by atoms with Crippen LogP contribution in [-0.2, 0) is 26.7 Å². The SMILES string of the molecule is C/C=C\c1cc(Cc2ccc(OS(=O)(=O)c3ccccc3)c(/C=C\C)c2)ccc1OS(=O)(=O)c1ccccc1. The highest BCUT2D eigenvalue weighted by Gasteiger charge is 2.19. The molecule has 4 aromatic rings. The molecule has 0 fully saturated rings. The second-order valence-electron chi connectivity index (χ2n) is 8.62. The van der Waals surface area contributed by atoms with E-state index < -0.39 is 20.2 Å². The summed E-state index contributed by atoms with van der Waals surface area (Å²) in [6.07, 6.45) is 7.72. The number of allylic oxidation sites excluding steroid dienone is 2. The predicted molar refractivity (Wildman–Crippen MR) is 154 cm³/mol. The largest absolute Gasteiger partial charge is 0.378 e. The lowest BCUT2D eigenvalue weighted by molar-refractivity contribution is 0.483. The van der Waals surface area contributed by atoms with E-state index in [-0.39, 0.29) is 21.3 Å². The molecule has 0 atom stereocenters. The average molecular weight is 561 g/mol. The van der Waals surface area contributed by atoms with Crippen LogP contribution in [-0.4, -0.2) is 16.8 Å². The highest BCUT2D eigenvalue weighted by atomic mass is 32.2. The first-order chi connectivity index (χ1) is 18.7. The summed E-state index contributed by atoms with van der Waals surface area (Å²) in [6.45, 7) is 3.68. The van der Waals surface area contributed by atoms with Gasteiger partial charge in [-0.2, -0.15) is 16.8 Å². The maximum atomic E-state index is 12.7. The van der Waals surface area contributed by atoms with Crippen LogP contribution in [0.2, 0.25) is 0 Å². The Hall–Kier alpha value is -4.14. The summed E-state index contributed by atoms with van der Waals surface area (Å²) in [5.74, 6) is 0.454. The molecule has 200 valence electrons. The van der Waals surface area contributed by atoms with Crippen molar-refractivity contribution >= 4 is 32.4 Å². The second kappa shape index (κ2) is 12.1. The van der Waals surface area contributed by atoms with Gasteiger partial charge in [0.15, 0.2) is 0 Å². The maximum Gasteiger partial charge on any atom is 0.339 e. The number of hydrogen-bond donors (Lipinski definition) is 0. The molecule has 0 saturated carbocycles. The lowest BCUT2D eigenvalue weighted by atomic mass is 10.00. The van der Waals surface area contributed by atoms with Gasteiger partial charge in [0.25, 0.3) is 0 Å². The van der Waals surface area contributed by atoms with Crippen LogP contribution in [0, 0.1) is 0 Å². The minimum Gasteiger partial charge on any atom is -0.378 e. The zero-order chi connectivity index (χ0) is 27.9. The molecule has 4 aromatic carbocycles. The molecule has 4 rings (SSSR count). The van der Waals surface area contributed by atoms with E-state index in [9.17, 15) is 16.8 Å². The van der Waals surface area contributed by atoms with Gasteiger partial charge in [-0.25, -0.2) is 0 Å². The van der Waals surface area contributed by atoms with Crippen LogP contribution in [0.1, 0.15) is 36.1 Å². The van der Waals surface area contributed by atoms with Gasteiger partial charge in [-0.3, -0.25) is 0 Å². The Morgan fingerprint density at radius 3 is 1.31 bits per heavy atom. The summed E-state index contributed by atoms with van der Waals surface area (Å²) >= 11 is 0. The first-order valence-electron chi connectivity index (χ1n) is 12.2. The molecule has 0 aliphatic carbocycles. The summed E-state index contributed by atoms with van der Waals surface area (Å²) in [5, 5.41) is 0. The Bertz CT molecular complexity index is 1580. The Labute approximate surface area is 230 Å². The monoisotopic (exact) mass is 560 g/mol. The van der Waals surface area contributed by atoms with Gasteiger partial charge < -0.3 is 8.37 Å². The number of rotatable bonds is 10. The van der Waals surface area contributed by atoms with Crippen molar-refractivity contribution in [1.82, 2.24) is 0 Å². The molecule has 0 saturated heterocycles. The van der Waals surface area contributed by atoms with Gasteiger partial charge in [-0.1, -0.05) is 72.8 Å². The molecule has 0 spiro atoms. The van der Waals surface area contributed by atoms with Crippen molar-refractivity contribution in [3.05, 3.63) is 131 Å². The first-order valence-corrected chi connectivity index (χ1v) is 15.0. The highest BCUT2D eigenvalue weighted by Crippen LogP contribution is 2.29. The van der Waals surface area contributed by atoms with Crippen molar-refractivity contribution in [2.75, 3.05) is 0 Å². The summed E-state index contributed by atoms with van der Waals surface area (Å²) < 4.78 is 61.9. The maximum absolute atomic E-state index is 12.7. The van der Waals surface area contributed by atoms with Crippen molar-refractivity contribution in [3.63, 3.8) is 0 Å². The van der Waals surface area contributed by atoms with E-state index in [2.05, 4.69) is 0 Å². The third-order valence-electron chi connectivity index (χ3n) is 5.71. The lowest BCUT2D eigenvalue weighted by Gasteiger charge is -2.13. The second-order valence-corrected chi connectivity index (χ2v) is 11.7. The van der Waals surface area contributed by atoms with E-state index in [1.807, 2.05) is 50.3 Å². The Balaban J connectivity index is 1.60. The van der Waals surface area contributed by atoms with E-state index in [0.717, 1.165) is 11.1 Å². The van der Waals surface area contributed by atoms with E-state index in [0.29, 0.717) is 17.5 Å². The molecule has 0 aliphatic heterocycles. The van der Waals surface area contributed by atoms with Gasteiger partial charge >= 0.3 is 20.2 Å². The zero-order valence-electron chi connectivity index (χ0n) is 21.5. The molecule has 0 amide bonds. The van der Waals surface area contributed by atoms with Gasteiger partial charge in [0.05, 0.1) is 0 Å². The van der Waals surface area contributed by atoms with E-state index in [4.69, 9.17) is 8.37 Å². The van der Waals surface area contributed by atoms with Gasteiger partial charge in [-0.05, 0) is 79.9 Å². The van der Waals surface area contributed by atoms with Crippen LogP contribution in [0.3, 0.4) is 0 Å². The van der Waals surface area contributed by atoms with Crippen LogP contribution in [0.4, 0.5) is 0 Å². The van der Waals surface area contributed by atoms with E-state index >= 15 is 0 Å². The summed E-state index contributed by atoms with van der Waals surface area (Å²) in [5.41, 5.74) is 3.09. The molecule has 39 heavy (non-hydrogen) atoms. The predicted octanol–water partition coefficient (Wildman–Crippen LogP) is 6.88. The van der Waals surface area contributed by atoms with Crippen molar-refractivity contribution in [2.24, 2.45) is 0 Å². The molecule has 0 radical (unpaired) electrons. The van der Waals surface area contributed by atoms with E-state index in [1.54, 1.807) is 60.7 Å². The standard InChI is InChI=1S/C31H28O6S2/c1-3-11-26-22-24(17-19-30(26)36-38(32,33)28-13-7-5-8-14-28)21-25-18-20-31(27(23-25)12-4-2)37-39(34,35)29-15-9-6-10-16-29/h3-20,22-23H,21H2,1-2H3/b11-3-,12-4-. The first kappa shape index (κ1) is 27.9. The third-order valence-corrected chi connectivity index (χ3v) is 8.21. The van der Waals surface area contributed by atoms with Crippen molar-refractivity contribution < 1.29 is 25.2 Å². The molecule has 0 aliphatic rings. The van der Waals surface area contributed by atoms with Crippen molar-refractivity contribution in [3.8, 4) is 11.5 Å². The number of benzene rings is 4. The van der Waals surface area contributed by atoms with Gasteiger partial charge in [0.1, 0.15) is 21.3 Å². The van der Waals surface area contributed by atoms with Gasteiger partial charge in [-0.15, -0.1) is 0 Å². The molecule has 0 unspecified atom stereocenters. The molecular weight excluding hydrogens is 532 g/mol. The normalized spacial score (nSPS) is 12.2. The zero-order valence-corrected chi connectivity index (χ0v) is 23.2. The topological polar surface area (TPSA) is 86.7 Å². The lowest BCUT2D eigenvalue weighted by Crippen LogP contribution is -2.10. The number of hydrogen-bond acceptors (Lipinski definition) is 6. The van der Waals surface area contributed by atoms with Crippen LogP contribution in [0.25, 0.3) is 12.2 Å².